The topological polar surface area (TPSA) is 8.17 Å². The Kier molecular flexibility index (Phi) is 7.62. The summed E-state index contributed by atoms with van der Waals surface area (Å²) in [6.45, 7) is 0. The van der Waals surface area contributed by atoms with Gasteiger partial charge in [0.15, 0.2) is 0 Å². The van der Waals surface area contributed by atoms with Crippen LogP contribution in [0.15, 0.2) is 206 Å². The highest BCUT2D eigenvalue weighted by atomic mass is 32.1. The van der Waals surface area contributed by atoms with Gasteiger partial charge in [-0.25, -0.2) is 0 Å². The summed E-state index contributed by atoms with van der Waals surface area (Å²) < 4.78 is 7.75. The van der Waals surface area contributed by atoms with E-state index in [-0.39, 0.29) is 0 Å². The smallest absolute Gasteiger partial charge is 0.0562 e. The van der Waals surface area contributed by atoms with Gasteiger partial charge in [0, 0.05) is 79.2 Å². The molecular weight excluding hydrogens is 741 g/mol. The molecule has 58 heavy (non-hydrogen) atoms. The van der Waals surface area contributed by atoms with Gasteiger partial charge in [0.1, 0.15) is 0 Å². The molecule has 0 aliphatic rings. The lowest BCUT2D eigenvalue weighted by Crippen LogP contribution is -2.11. The minimum absolute atomic E-state index is 1.10. The van der Waals surface area contributed by atoms with Gasteiger partial charge in [-0.1, -0.05) is 140 Å². The van der Waals surface area contributed by atoms with Gasteiger partial charge in [0.25, 0.3) is 0 Å². The molecule has 0 aliphatic carbocycles. The molecule has 9 aromatic carbocycles. The first-order chi connectivity index (χ1) is 28.8. The Morgan fingerprint density at radius 3 is 1.83 bits per heavy atom. The Hall–Kier alpha value is -6.98. The second-order valence-electron chi connectivity index (χ2n) is 14.8. The summed E-state index contributed by atoms with van der Waals surface area (Å²) in [6, 6.07) is 75.7. The van der Waals surface area contributed by atoms with E-state index in [2.05, 4.69) is 216 Å². The van der Waals surface area contributed by atoms with Crippen LogP contribution in [0, 0.1) is 0 Å². The molecule has 0 spiro atoms. The normalized spacial score (nSPS) is 11.8. The predicted octanol–water partition coefficient (Wildman–Crippen LogP) is 16.3. The van der Waals surface area contributed by atoms with Crippen molar-refractivity contribution in [3.05, 3.63) is 206 Å². The van der Waals surface area contributed by atoms with Crippen molar-refractivity contribution in [2.45, 2.75) is 0 Å². The van der Waals surface area contributed by atoms with E-state index < -0.39 is 0 Å². The molecule has 12 rings (SSSR count). The third-order valence-electron chi connectivity index (χ3n) is 11.6. The largest absolute Gasteiger partial charge is 0.310 e. The summed E-state index contributed by atoms with van der Waals surface area (Å²) >= 11 is 3.74. The van der Waals surface area contributed by atoms with Crippen LogP contribution in [0.4, 0.5) is 17.1 Å². The van der Waals surface area contributed by atoms with Gasteiger partial charge >= 0.3 is 0 Å². The van der Waals surface area contributed by atoms with Crippen LogP contribution in [-0.4, -0.2) is 4.57 Å². The van der Waals surface area contributed by atoms with Gasteiger partial charge in [0.2, 0.25) is 0 Å². The Labute approximate surface area is 343 Å². The number of thiophene rings is 2. The van der Waals surface area contributed by atoms with E-state index in [1.165, 1.54) is 90.1 Å². The third-order valence-corrected chi connectivity index (χ3v) is 14.0. The first-order valence-electron chi connectivity index (χ1n) is 19.7. The zero-order valence-corrected chi connectivity index (χ0v) is 33.0. The Morgan fingerprint density at radius 2 is 0.966 bits per heavy atom. The number of para-hydroxylation sites is 4. The standard InChI is InChI=1S/C54H34N2S2/c1-2-15-36(16-3-1)55(47-24-9-4-17-38(47)35-29-32-53-46(33-35)43-21-8-12-27-51(43)57-53)37-30-31-41-39-18-5-10-25-48(39)56(50(41)34-37)49-26-11-6-19-40(49)44-22-14-23-45-42-20-7-13-28-52(42)58-54(44)45/h1-34H. The lowest BCUT2D eigenvalue weighted by atomic mass is 9.99. The van der Waals surface area contributed by atoms with Gasteiger partial charge in [-0.3, -0.25) is 0 Å². The van der Waals surface area contributed by atoms with Gasteiger partial charge in [-0.05, 0) is 72.3 Å². The molecule has 0 saturated carbocycles. The van der Waals surface area contributed by atoms with Crippen molar-refractivity contribution in [3.8, 4) is 27.9 Å². The van der Waals surface area contributed by atoms with Crippen LogP contribution in [0.3, 0.4) is 0 Å². The summed E-state index contributed by atoms with van der Waals surface area (Å²) in [5, 5.41) is 7.69. The average Bonchev–Trinajstić information content (AvgIpc) is 3.96. The Morgan fingerprint density at radius 1 is 0.345 bits per heavy atom. The SMILES string of the molecule is c1ccc(N(c2ccc3c4ccccc4n(-c4ccccc4-c4cccc5c4sc4ccccc45)c3c2)c2ccccc2-c2ccc3sc4ccccc4c3c2)cc1. The molecule has 0 fully saturated rings. The fourth-order valence-corrected chi connectivity index (χ4v) is 11.3. The summed E-state index contributed by atoms with van der Waals surface area (Å²) in [6.07, 6.45) is 0. The van der Waals surface area contributed by atoms with Crippen LogP contribution in [0.25, 0.3) is 90.1 Å². The van der Waals surface area contributed by atoms with Crippen LogP contribution in [0.5, 0.6) is 0 Å². The van der Waals surface area contributed by atoms with Crippen molar-refractivity contribution in [1.29, 1.82) is 0 Å². The Bertz CT molecular complexity index is 3530. The lowest BCUT2D eigenvalue weighted by Gasteiger charge is -2.28. The second kappa shape index (κ2) is 13.3. The molecule has 3 aromatic heterocycles. The number of hydrogen-bond acceptors (Lipinski definition) is 3. The quantitative estimate of drug-likeness (QED) is 0.163. The zero-order valence-electron chi connectivity index (χ0n) is 31.3. The second-order valence-corrected chi connectivity index (χ2v) is 17.0. The van der Waals surface area contributed by atoms with Gasteiger partial charge in [0.05, 0.1) is 22.4 Å². The molecule has 0 N–H and O–H groups in total. The fourth-order valence-electron chi connectivity index (χ4n) is 9.02. The van der Waals surface area contributed by atoms with E-state index >= 15 is 0 Å². The summed E-state index contributed by atoms with van der Waals surface area (Å²) in [4.78, 5) is 2.43. The van der Waals surface area contributed by atoms with Crippen LogP contribution in [-0.2, 0) is 0 Å². The number of hydrogen-bond donors (Lipinski definition) is 0. The number of anilines is 3. The molecule has 0 saturated heterocycles. The molecule has 0 amide bonds. The minimum atomic E-state index is 1.10. The highest BCUT2D eigenvalue weighted by Gasteiger charge is 2.22. The molecule has 0 bridgehead atoms. The highest BCUT2D eigenvalue weighted by Crippen LogP contribution is 2.46. The maximum Gasteiger partial charge on any atom is 0.0562 e. The van der Waals surface area contributed by atoms with E-state index in [0.29, 0.717) is 0 Å². The first kappa shape index (κ1) is 33.2. The number of nitrogens with zero attached hydrogens (tertiary/aromatic N) is 2. The third kappa shape index (κ3) is 5.16. The average molecular weight is 775 g/mol. The van der Waals surface area contributed by atoms with E-state index in [0.717, 1.165) is 17.1 Å². The monoisotopic (exact) mass is 774 g/mol. The van der Waals surface area contributed by atoms with Crippen molar-refractivity contribution in [3.63, 3.8) is 0 Å². The van der Waals surface area contributed by atoms with E-state index in [9.17, 15) is 0 Å². The zero-order chi connectivity index (χ0) is 38.2. The molecule has 0 atom stereocenters. The van der Waals surface area contributed by atoms with Crippen molar-refractivity contribution in [2.24, 2.45) is 0 Å². The van der Waals surface area contributed by atoms with Crippen molar-refractivity contribution >= 4 is 102 Å². The van der Waals surface area contributed by atoms with E-state index in [1.807, 2.05) is 22.7 Å². The van der Waals surface area contributed by atoms with Crippen molar-refractivity contribution < 1.29 is 0 Å². The van der Waals surface area contributed by atoms with Gasteiger partial charge in [-0.2, -0.15) is 0 Å². The molecular formula is C54H34N2S2. The maximum atomic E-state index is 2.49. The predicted molar refractivity (Wildman–Crippen MR) is 252 cm³/mol. The Balaban J connectivity index is 1.09. The van der Waals surface area contributed by atoms with Crippen LogP contribution < -0.4 is 4.90 Å². The fraction of sp³-hybridized carbons (Fsp3) is 0. The van der Waals surface area contributed by atoms with Gasteiger partial charge in [-0.15, -0.1) is 22.7 Å². The van der Waals surface area contributed by atoms with Crippen LogP contribution in [0.2, 0.25) is 0 Å². The molecule has 0 unspecified atom stereocenters. The highest BCUT2D eigenvalue weighted by molar-refractivity contribution is 7.26. The molecule has 272 valence electrons. The number of rotatable bonds is 6. The van der Waals surface area contributed by atoms with E-state index in [4.69, 9.17) is 0 Å². The van der Waals surface area contributed by atoms with Crippen LogP contribution >= 0.6 is 22.7 Å². The number of aromatic nitrogens is 1. The van der Waals surface area contributed by atoms with Crippen molar-refractivity contribution in [1.82, 2.24) is 4.57 Å². The number of fused-ring (bicyclic) bond motifs is 9. The van der Waals surface area contributed by atoms with E-state index in [1.54, 1.807) is 0 Å². The lowest BCUT2D eigenvalue weighted by molar-refractivity contribution is 1.18. The maximum absolute atomic E-state index is 2.49. The molecule has 3 heterocycles. The van der Waals surface area contributed by atoms with Crippen molar-refractivity contribution in [2.75, 3.05) is 4.90 Å². The van der Waals surface area contributed by atoms with Crippen LogP contribution in [0.1, 0.15) is 0 Å². The molecule has 2 nitrogen and oxygen atoms in total. The molecule has 0 aliphatic heterocycles. The molecule has 0 radical (unpaired) electrons. The minimum Gasteiger partial charge on any atom is -0.310 e. The van der Waals surface area contributed by atoms with Gasteiger partial charge < -0.3 is 9.47 Å². The summed E-state index contributed by atoms with van der Waals surface area (Å²) in [7, 11) is 0. The summed E-state index contributed by atoms with van der Waals surface area (Å²) in [5.41, 5.74) is 11.7. The molecule has 4 heteroatoms. The number of benzene rings is 9. The summed E-state index contributed by atoms with van der Waals surface area (Å²) in [5.74, 6) is 0. The first-order valence-corrected chi connectivity index (χ1v) is 21.3. The molecule has 12 aromatic rings.